The molecule has 25 heavy (non-hydrogen) atoms. The van der Waals surface area contributed by atoms with Crippen molar-refractivity contribution in [1.82, 2.24) is 9.88 Å². The molecule has 132 valence electrons. The second-order valence-electron chi connectivity index (χ2n) is 5.77. The van der Waals surface area contributed by atoms with Crippen molar-refractivity contribution in [2.75, 3.05) is 37.6 Å². The fourth-order valence-corrected chi connectivity index (χ4v) is 2.95. The van der Waals surface area contributed by atoms with Crippen LogP contribution in [0.2, 0.25) is 0 Å². The summed E-state index contributed by atoms with van der Waals surface area (Å²) in [7, 11) is 0. The number of hydrogen-bond acceptors (Lipinski definition) is 6. The number of carboxylic acid groups (broad SMARTS) is 1. The van der Waals surface area contributed by atoms with E-state index in [1.807, 2.05) is 4.90 Å². The van der Waals surface area contributed by atoms with E-state index in [9.17, 15) is 14.0 Å². The van der Waals surface area contributed by atoms with E-state index >= 15 is 0 Å². The number of H-pyrrole nitrogens is 1. The molecule has 1 aliphatic rings. The van der Waals surface area contributed by atoms with Crippen LogP contribution >= 0.6 is 0 Å². The Hall–Kier alpha value is -2.94. The van der Waals surface area contributed by atoms with Crippen LogP contribution in [0.3, 0.4) is 0 Å². The first-order valence-electron chi connectivity index (χ1n) is 7.72. The first-order valence-corrected chi connectivity index (χ1v) is 7.72. The predicted octanol–water partition coefficient (Wildman–Crippen LogP) is 0.947. The summed E-state index contributed by atoms with van der Waals surface area (Å²) in [6.07, 6.45) is 2.53. The molecule has 0 bridgehead atoms. The number of pyridine rings is 1. The lowest BCUT2D eigenvalue weighted by Crippen LogP contribution is -2.47. The van der Waals surface area contributed by atoms with Crippen molar-refractivity contribution in [3.05, 3.63) is 39.9 Å². The van der Waals surface area contributed by atoms with E-state index in [1.54, 1.807) is 0 Å². The van der Waals surface area contributed by atoms with Crippen LogP contribution in [0.5, 0.6) is 0 Å². The van der Waals surface area contributed by atoms with E-state index in [-0.39, 0.29) is 5.39 Å². The van der Waals surface area contributed by atoms with E-state index in [2.05, 4.69) is 15.0 Å². The van der Waals surface area contributed by atoms with Gasteiger partial charge in [-0.15, -0.1) is 5.16 Å². The van der Waals surface area contributed by atoms with Gasteiger partial charge in [0.05, 0.1) is 17.4 Å². The van der Waals surface area contributed by atoms with Gasteiger partial charge in [-0.3, -0.25) is 9.69 Å². The monoisotopic (exact) mass is 348 g/mol. The van der Waals surface area contributed by atoms with Crippen LogP contribution < -0.4 is 10.3 Å². The summed E-state index contributed by atoms with van der Waals surface area (Å²) in [4.78, 5) is 29.8. The first-order chi connectivity index (χ1) is 12.0. The lowest BCUT2D eigenvalue weighted by atomic mass is 10.1. The number of rotatable bonds is 4. The first kappa shape index (κ1) is 16.9. The second-order valence-corrected chi connectivity index (χ2v) is 5.77. The molecule has 1 aliphatic heterocycles. The summed E-state index contributed by atoms with van der Waals surface area (Å²) in [5.41, 5.74) is -0.374. The van der Waals surface area contributed by atoms with Gasteiger partial charge in [0.15, 0.2) is 0 Å². The van der Waals surface area contributed by atoms with Crippen LogP contribution in [0.25, 0.3) is 10.9 Å². The summed E-state index contributed by atoms with van der Waals surface area (Å²) in [5.74, 6) is -1.92. The SMILES string of the molecule is O=C(O)c1c[nH]c2cc(N3CCN(C/C=N/O)CC3)c(F)cc2c1=O. The molecule has 3 rings (SSSR count). The van der Waals surface area contributed by atoms with Crippen molar-refractivity contribution >= 4 is 28.8 Å². The summed E-state index contributed by atoms with van der Waals surface area (Å²) in [6, 6.07) is 2.61. The highest BCUT2D eigenvalue weighted by Crippen LogP contribution is 2.25. The maximum atomic E-state index is 14.5. The van der Waals surface area contributed by atoms with E-state index in [0.717, 1.165) is 12.3 Å². The van der Waals surface area contributed by atoms with Crippen LogP contribution in [-0.2, 0) is 0 Å². The minimum Gasteiger partial charge on any atom is -0.477 e. The highest BCUT2D eigenvalue weighted by Gasteiger charge is 2.21. The number of halogens is 1. The smallest absolute Gasteiger partial charge is 0.341 e. The zero-order valence-electron chi connectivity index (χ0n) is 13.3. The lowest BCUT2D eigenvalue weighted by molar-refractivity contribution is 0.0695. The molecule has 0 amide bonds. The van der Waals surface area contributed by atoms with E-state index in [1.165, 1.54) is 12.3 Å². The molecule has 0 unspecified atom stereocenters. The quantitative estimate of drug-likeness (QED) is 0.431. The minimum atomic E-state index is -1.35. The number of benzene rings is 1. The molecule has 8 nitrogen and oxygen atoms in total. The van der Waals surface area contributed by atoms with E-state index in [0.29, 0.717) is 43.9 Å². The van der Waals surface area contributed by atoms with Gasteiger partial charge in [0.2, 0.25) is 5.43 Å². The molecule has 0 saturated carbocycles. The largest absolute Gasteiger partial charge is 0.477 e. The highest BCUT2D eigenvalue weighted by molar-refractivity contribution is 5.93. The standard InChI is InChI=1S/C16H17FN4O4/c17-12-7-10-13(18-9-11(15(10)22)16(23)24)8-14(12)21-5-3-20(4-6-21)2-1-19-25/h1,7-9,25H,2-6H2,(H,18,22)(H,23,24)/b19-1+. The number of nitrogens with zero attached hydrogens (tertiary/aromatic N) is 3. The van der Waals surface area contributed by atoms with Crippen LogP contribution in [0, 0.1) is 5.82 Å². The molecule has 9 heteroatoms. The number of carboxylic acids is 1. The van der Waals surface area contributed by atoms with Gasteiger partial charge >= 0.3 is 5.97 Å². The van der Waals surface area contributed by atoms with Gasteiger partial charge in [-0.1, -0.05) is 0 Å². The van der Waals surface area contributed by atoms with Gasteiger partial charge in [0, 0.05) is 44.3 Å². The molecule has 0 spiro atoms. The molecule has 3 N–H and O–H groups in total. The average Bonchev–Trinajstić information content (AvgIpc) is 2.60. The Morgan fingerprint density at radius 1 is 1.32 bits per heavy atom. The average molecular weight is 348 g/mol. The maximum absolute atomic E-state index is 14.5. The van der Waals surface area contributed by atoms with Gasteiger partial charge < -0.3 is 20.2 Å². The highest BCUT2D eigenvalue weighted by atomic mass is 19.1. The molecule has 0 aliphatic carbocycles. The number of fused-ring (bicyclic) bond motifs is 1. The number of piperazine rings is 1. The van der Waals surface area contributed by atoms with Gasteiger partial charge in [-0.05, 0) is 12.1 Å². The summed E-state index contributed by atoms with van der Waals surface area (Å²) in [5, 5.41) is 20.4. The Morgan fingerprint density at radius 3 is 2.68 bits per heavy atom. The third-order valence-corrected chi connectivity index (χ3v) is 4.31. The van der Waals surface area contributed by atoms with Crippen LogP contribution in [-0.4, -0.2) is 65.1 Å². The molecule has 0 atom stereocenters. The predicted molar refractivity (Wildman–Crippen MR) is 90.4 cm³/mol. The van der Waals surface area contributed by atoms with Crippen LogP contribution in [0.15, 0.2) is 28.3 Å². The number of aromatic amines is 1. The second kappa shape index (κ2) is 6.89. The number of anilines is 1. The molecular weight excluding hydrogens is 331 g/mol. The summed E-state index contributed by atoms with van der Waals surface area (Å²) >= 11 is 0. The molecular formula is C16H17FN4O4. The maximum Gasteiger partial charge on any atom is 0.341 e. The Bertz CT molecular complexity index is 888. The molecule has 1 aromatic heterocycles. The Labute approximate surface area is 141 Å². The van der Waals surface area contributed by atoms with E-state index < -0.39 is 22.8 Å². The van der Waals surface area contributed by atoms with Crippen LogP contribution in [0.4, 0.5) is 10.1 Å². The summed E-state index contributed by atoms with van der Waals surface area (Å²) < 4.78 is 14.5. The minimum absolute atomic E-state index is 0.0129. The zero-order valence-corrected chi connectivity index (χ0v) is 13.3. The van der Waals surface area contributed by atoms with Crippen molar-refractivity contribution in [2.24, 2.45) is 5.16 Å². The van der Waals surface area contributed by atoms with Crippen LogP contribution in [0.1, 0.15) is 10.4 Å². The number of oxime groups is 1. The van der Waals surface area contributed by atoms with Crippen molar-refractivity contribution in [1.29, 1.82) is 0 Å². The van der Waals surface area contributed by atoms with Gasteiger partial charge in [0.1, 0.15) is 11.4 Å². The fourth-order valence-electron chi connectivity index (χ4n) is 2.95. The molecule has 2 aromatic rings. The number of carbonyl (C=O) groups is 1. The number of hydrogen-bond donors (Lipinski definition) is 3. The fraction of sp³-hybridized carbons (Fsp3) is 0.312. The van der Waals surface area contributed by atoms with Crippen molar-refractivity contribution in [3.8, 4) is 0 Å². The Balaban J connectivity index is 1.89. The topological polar surface area (TPSA) is 109 Å². The molecule has 1 saturated heterocycles. The van der Waals surface area contributed by atoms with E-state index in [4.69, 9.17) is 10.3 Å². The van der Waals surface area contributed by atoms with Crippen molar-refractivity contribution < 1.29 is 19.5 Å². The van der Waals surface area contributed by atoms with Gasteiger partial charge in [0.25, 0.3) is 0 Å². The molecule has 1 aromatic carbocycles. The molecule has 0 radical (unpaired) electrons. The van der Waals surface area contributed by atoms with Crippen molar-refractivity contribution in [2.45, 2.75) is 0 Å². The molecule has 2 heterocycles. The number of aromatic carboxylic acids is 1. The van der Waals surface area contributed by atoms with Crippen molar-refractivity contribution in [3.63, 3.8) is 0 Å². The molecule has 1 fully saturated rings. The number of nitrogens with one attached hydrogen (secondary N) is 1. The number of aromatic nitrogens is 1. The normalized spacial score (nSPS) is 16.0. The van der Waals surface area contributed by atoms with Gasteiger partial charge in [-0.2, -0.15) is 0 Å². The zero-order chi connectivity index (χ0) is 18.0. The Kier molecular flexibility index (Phi) is 4.66. The Morgan fingerprint density at radius 2 is 2.04 bits per heavy atom. The third kappa shape index (κ3) is 3.31. The van der Waals surface area contributed by atoms with Gasteiger partial charge in [-0.25, -0.2) is 9.18 Å². The lowest BCUT2D eigenvalue weighted by Gasteiger charge is -2.35. The third-order valence-electron chi connectivity index (χ3n) is 4.31. The summed E-state index contributed by atoms with van der Waals surface area (Å²) in [6.45, 7) is 3.05.